The topological polar surface area (TPSA) is 59.1 Å². The third kappa shape index (κ3) is 28.6. The standard InChI is InChI=1S/C40H76N2O4/c1-7-9-11-13-15-23-29-35-45-38(43)33-27-21-17-19-25-31-37(40(41(3)4)42(5)6)32-26-20-18-22-28-34-39(44)46-36-30-24-16-14-12-10-8-2/h23-24,29-30,37,40H,7-22,25-28,31-36H2,1-6H3/b29-23+,30-24+. The van der Waals surface area contributed by atoms with Crippen molar-refractivity contribution < 1.29 is 19.1 Å². The van der Waals surface area contributed by atoms with Gasteiger partial charge in [0, 0.05) is 12.8 Å². The summed E-state index contributed by atoms with van der Waals surface area (Å²) >= 11 is 0. The van der Waals surface area contributed by atoms with Crippen LogP contribution >= 0.6 is 0 Å². The second-order valence-corrected chi connectivity index (χ2v) is 13.7. The number of ether oxygens (including phenoxy) is 2. The van der Waals surface area contributed by atoms with Crippen LogP contribution in [0.1, 0.15) is 168 Å². The molecule has 0 saturated carbocycles. The van der Waals surface area contributed by atoms with Crippen molar-refractivity contribution in [2.75, 3.05) is 41.4 Å². The first kappa shape index (κ1) is 44.3. The Morgan fingerprint density at radius 3 is 1.26 bits per heavy atom. The Labute approximate surface area is 286 Å². The molecule has 0 aliphatic carbocycles. The van der Waals surface area contributed by atoms with Gasteiger partial charge in [0.05, 0.1) is 6.17 Å². The van der Waals surface area contributed by atoms with Crippen LogP contribution in [0.5, 0.6) is 0 Å². The van der Waals surface area contributed by atoms with Crippen LogP contribution in [-0.2, 0) is 19.1 Å². The lowest BCUT2D eigenvalue weighted by Crippen LogP contribution is -2.46. The summed E-state index contributed by atoms with van der Waals surface area (Å²) in [6.45, 7) is 5.28. The molecule has 0 bridgehead atoms. The summed E-state index contributed by atoms with van der Waals surface area (Å²) in [4.78, 5) is 28.8. The Kier molecular flexibility index (Phi) is 32.0. The molecule has 0 aromatic carbocycles. The molecule has 0 fully saturated rings. The zero-order chi connectivity index (χ0) is 34.1. The number of nitrogens with zero attached hydrogens (tertiary/aromatic N) is 2. The van der Waals surface area contributed by atoms with E-state index in [0.717, 1.165) is 38.5 Å². The SMILES string of the molecule is CCCCCC/C=C/COC(=O)CCCCCCCC(CCCCCCCC(=O)OC/C=C/CCCCCC)C(N(C)C)N(C)C. The number of rotatable bonds is 33. The predicted octanol–water partition coefficient (Wildman–Crippen LogP) is 10.7. The van der Waals surface area contributed by atoms with Crippen LogP contribution in [-0.4, -0.2) is 69.3 Å². The summed E-state index contributed by atoms with van der Waals surface area (Å²) in [7, 11) is 8.79. The zero-order valence-corrected chi connectivity index (χ0v) is 31.4. The van der Waals surface area contributed by atoms with E-state index in [0.29, 0.717) is 38.1 Å². The molecule has 0 aromatic rings. The van der Waals surface area contributed by atoms with Crippen molar-refractivity contribution in [1.29, 1.82) is 0 Å². The van der Waals surface area contributed by atoms with Crippen molar-refractivity contribution >= 4 is 11.9 Å². The zero-order valence-electron chi connectivity index (χ0n) is 31.4. The fourth-order valence-corrected chi connectivity index (χ4v) is 6.34. The van der Waals surface area contributed by atoms with E-state index in [1.165, 1.54) is 103 Å². The van der Waals surface area contributed by atoms with Gasteiger partial charge in [0.15, 0.2) is 0 Å². The van der Waals surface area contributed by atoms with Gasteiger partial charge in [0.2, 0.25) is 0 Å². The molecule has 0 aromatic heterocycles. The molecule has 0 aliphatic rings. The molecule has 0 atom stereocenters. The number of unbranched alkanes of at least 4 members (excludes halogenated alkanes) is 16. The van der Waals surface area contributed by atoms with E-state index in [1.54, 1.807) is 0 Å². The highest BCUT2D eigenvalue weighted by Crippen LogP contribution is 2.25. The Hall–Kier alpha value is -1.66. The minimum atomic E-state index is -0.0633. The number of esters is 2. The molecule has 0 aliphatic heterocycles. The Bertz CT molecular complexity index is 690. The van der Waals surface area contributed by atoms with Crippen LogP contribution in [0.15, 0.2) is 24.3 Å². The summed E-state index contributed by atoms with van der Waals surface area (Å²) in [5, 5.41) is 0. The highest BCUT2D eigenvalue weighted by molar-refractivity contribution is 5.69. The van der Waals surface area contributed by atoms with Crippen LogP contribution in [0.25, 0.3) is 0 Å². The van der Waals surface area contributed by atoms with Gasteiger partial charge in [-0.15, -0.1) is 0 Å². The first-order valence-electron chi connectivity index (χ1n) is 19.3. The van der Waals surface area contributed by atoms with Gasteiger partial charge in [-0.3, -0.25) is 19.4 Å². The van der Waals surface area contributed by atoms with E-state index >= 15 is 0 Å². The largest absolute Gasteiger partial charge is 0.461 e. The summed E-state index contributed by atoms with van der Waals surface area (Å²) in [6, 6.07) is 0. The molecule has 6 heteroatoms. The number of hydrogen-bond acceptors (Lipinski definition) is 6. The Morgan fingerprint density at radius 2 is 0.870 bits per heavy atom. The van der Waals surface area contributed by atoms with Gasteiger partial charge in [0.1, 0.15) is 13.2 Å². The number of carbonyl (C=O) groups is 2. The van der Waals surface area contributed by atoms with Crippen molar-refractivity contribution in [2.45, 2.75) is 174 Å². The van der Waals surface area contributed by atoms with Gasteiger partial charge >= 0.3 is 11.9 Å². The van der Waals surface area contributed by atoms with Gasteiger partial charge < -0.3 is 9.47 Å². The molecule has 0 N–H and O–H groups in total. The quantitative estimate of drug-likeness (QED) is 0.0305. The fourth-order valence-electron chi connectivity index (χ4n) is 6.34. The molecule has 0 rings (SSSR count). The second kappa shape index (κ2) is 33.2. The van der Waals surface area contributed by atoms with Crippen LogP contribution < -0.4 is 0 Å². The van der Waals surface area contributed by atoms with Crippen molar-refractivity contribution in [3.05, 3.63) is 24.3 Å². The average molecular weight is 649 g/mol. The highest BCUT2D eigenvalue weighted by Gasteiger charge is 2.24. The minimum absolute atomic E-state index is 0.0633. The lowest BCUT2D eigenvalue weighted by molar-refractivity contribution is -0.143. The number of hydrogen-bond donors (Lipinski definition) is 0. The predicted molar refractivity (Wildman–Crippen MR) is 197 cm³/mol. The van der Waals surface area contributed by atoms with E-state index in [1.807, 2.05) is 12.2 Å². The molecule has 0 unspecified atom stereocenters. The van der Waals surface area contributed by atoms with E-state index in [-0.39, 0.29) is 11.9 Å². The van der Waals surface area contributed by atoms with Crippen LogP contribution in [0, 0.1) is 5.92 Å². The van der Waals surface area contributed by atoms with E-state index < -0.39 is 0 Å². The van der Waals surface area contributed by atoms with Crippen molar-refractivity contribution in [1.82, 2.24) is 9.80 Å². The summed E-state index contributed by atoms with van der Waals surface area (Å²) < 4.78 is 10.7. The van der Waals surface area contributed by atoms with Crippen molar-refractivity contribution in [2.24, 2.45) is 5.92 Å². The molecular weight excluding hydrogens is 572 g/mol. The maximum atomic E-state index is 12.0. The molecule has 0 heterocycles. The lowest BCUT2D eigenvalue weighted by Gasteiger charge is -2.37. The lowest BCUT2D eigenvalue weighted by atomic mass is 9.90. The first-order valence-corrected chi connectivity index (χ1v) is 19.3. The summed E-state index contributed by atoms with van der Waals surface area (Å²) in [6.07, 6.45) is 35.9. The summed E-state index contributed by atoms with van der Waals surface area (Å²) in [5.74, 6) is 0.521. The third-order valence-electron chi connectivity index (χ3n) is 8.85. The average Bonchev–Trinajstić information content (AvgIpc) is 3.02. The highest BCUT2D eigenvalue weighted by atomic mass is 16.5. The maximum Gasteiger partial charge on any atom is 0.306 e. The van der Waals surface area contributed by atoms with Gasteiger partial charge in [0.25, 0.3) is 0 Å². The Morgan fingerprint density at radius 1 is 0.500 bits per heavy atom. The van der Waals surface area contributed by atoms with Crippen LogP contribution in [0.3, 0.4) is 0 Å². The van der Waals surface area contributed by atoms with E-state index in [2.05, 4.69) is 64.0 Å². The second-order valence-electron chi connectivity index (χ2n) is 13.7. The number of carbonyl (C=O) groups excluding carboxylic acids is 2. The van der Waals surface area contributed by atoms with Crippen LogP contribution in [0.2, 0.25) is 0 Å². The van der Waals surface area contributed by atoms with Crippen molar-refractivity contribution in [3.8, 4) is 0 Å². The third-order valence-corrected chi connectivity index (χ3v) is 8.85. The van der Waals surface area contributed by atoms with E-state index in [4.69, 9.17) is 9.47 Å². The molecule has 0 radical (unpaired) electrons. The monoisotopic (exact) mass is 649 g/mol. The van der Waals surface area contributed by atoms with Gasteiger partial charge in [-0.2, -0.15) is 0 Å². The molecular formula is C40H76N2O4. The molecule has 6 nitrogen and oxygen atoms in total. The van der Waals surface area contributed by atoms with Crippen LogP contribution in [0.4, 0.5) is 0 Å². The normalized spacial score (nSPS) is 12.1. The first-order chi connectivity index (χ1) is 22.3. The molecule has 46 heavy (non-hydrogen) atoms. The molecule has 0 amide bonds. The van der Waals surface area contributed by atoms with Crippen molar-refractivity contribution in [3.63, 3.8) is 0 Å². The summed E-state index contributed by atoms with van der Waals surface area (Å²) in [5.41, 5.74) is 0. The van der Waals surface area contributed by atoms with Gasteiger partial charge in [-0.1, -0.05) is 128 Å². The van der Waals surface area contributed by atoms with E-state index in [9.17, 15) is 9.59 Å². The van der Waals surface area contributed by atoms with Gasteiger partial charge in [-0.05, 0) is 85.5 Å². The molecule has 270 valence electrons. The molecule has 0 spiro atoms. The van der Waals surface area contributed by atoms with Gasteiger partial charge in [-0.25, -0.2) is 0 Å². The maximum absolute atomic E-state index is 12.0. The fraction of sp³-hybridized carbons (Fsp3) is 0.850. The minimum Gasteiger partial charge on any atom is -0.461 e. The number of allylic oxidation sites excluding steroid dienone is 2. The smallest absolute Gasteiger partial charge is 0.306 e. The molecule has 0 saturated heterocycles. The Balaban J connectivity index is 4.08.